The van der Waals surface area contributed by atoms with E-state index in [-0.39, 0.29) is 6.04 Å². The van der Waals surface area contributed by atoms with Crippen LogP contribution >= 0.6 is 0 Å². The van der Waals surface area contributed by atoms with Crippen molar-refractivity contribution in [2.75, 3.05) is 13.7 Å². The van der Waals surface area contributed by atoms with Crippen LogP contribution in [0.25, 0.3) is 0 Å². The molecule has 1 fully saturated rings. The number of ether oxygens (including phenoxy) is 1. The van der Waals surface area contributed by atoms with Crippen LogP contribution in [0.1, 0.15) is 30.9 Å². The van der Waals surface area contributed by atoms with Crippen LogP contribution < -0.4 is 4.74 Å². The highest BCUT2D eigenvalue weighted by molar-refractivity contribution is 5.66. The van der Waals surface area contributed by atoms with Gasteiger partial charge in [-0.2, -0.15) is 0 Å². The summed E-state index contributed by atoms with van der Waals surface area (Å²) >= 11 is 0. The Balaban J connectivity index is 2.32. The number of hydrogen-bond acceptors (Lipinski definition) is 2. The predicted molar refractivity (Wildman–Crippen MR) is 64.3 cm³/mol. The Morgan fingerprint density at radius 1 is 1.41 bits per heavy atom. The third-order valence-electron chi connectivity index (χ3n) is 3.25. The maximum Gasteiger partial charge on any atom is 0.407 e. The summed E-state index contributed by atoms with van der Waals surface area (Å²) in [5, 5.41) is 9.22. The van der Waals surface area contributed by atoms with E-state index in [1.807, 2.05) is 24.3 Å². The summed E-state index contributed by atoms with van der Waals surface area (Å²) < 4.78 is 5.31. The fourth-order valence-electron chi connectivity index (χ4n) is 2.43. The summed E-state index contributed by atoms with van der Waals surface area (Å²) in [6.07, 6.45) is 2.03. The lowest BCUT2D eigenvalue weighted by atomic mass is 9.95. The average Bonchev–Trinajstić information content (AvgIpc) is 2.38. The van der Waals surface area contributed by atoms with Gasteiger partial charge in [0.15, 0.2) is 0 Å². The summed E-state index contributed by atoms with van der Waals surface area (Å²) in [5.74, 6) is 0.769. The van der Waals surface area contributed by atoms with Crippen LogP contribution in [0, 0.1) is 0 Å². The van der Waals surface area contributed by atoms with Crippen molar-refractivity contribution < 1.29 is 14.6 Å². The van der Waals surface area contributed by atoms with Gasteiger partial charge in [0.05, 0.1) is 13.2 Å². The van der Waals surface area contributed by atoms with Gasteiger partial charge in [-0.1, -0.05) is 18.2 Å². The molecule has 2 rings (SSSR count). The summed E-state index contributed by atoms with van der Waals surface area (Å²) in [5.41, 5.74) is 0.970. The van der Waals surface area contributed by atoms with Gasteiger partial charge in [-0.05, 0) is 25.3 Å². The first-order chi connectivity index (χ1) is 8.24. The van der Waals surface area contributed by atoms with Crippen molar-refractivity contribution in [2.24, 2.45) is 0 Å². The molecule has 1 aromatic rings. The van der Waals surface area contributed by atoms with E-state index in [9.17, 15) is 9.90 Å². The molecule has 1 N–H and O–H groups in total. The highest BCUT2D eigenvalue weighted by atomic mass is 16.5. The number of hydrogen-bond donors (Lipinski definition) is 1. The number of carboxylic acid groups (broad SMARTS) is 1. The standard InChI is InChI=1S/C13H17NO3/c1-17-12-8-3-2-6-10(12)11-7-4-5-9-14(11)13(15)16/h2-3,6,8,11H,4-5,7,9H2,1H3,(H,15,16). The van der Waals surface area contributed by atoms with Gasteiger partial charge in [0, 0.05) is 12.1 Å². The van der Waals surface area contributed by atoms with Gasteiger partial charge in [0.25, 0.3) is 0 Å². The number of amides is 1. The lowest BCUT2D eigenvalue weighted by molar-refractivity contribution is 0.106. The van der Waals surface area contributed by atoms with Crippen molar-refractivity contribution in [1.29, 1.82) is 0 Å². The van der Waals surface area contributed by atoms with Crippen LogP contribution in [-0.4, -0.2) is 29.8 Å². The van der Waals surface area contributed by atoms with Crippen molar-refractivity contribution in [3.05, 3.63) is 29.8 Å². The van der Waals surface area contributed by atoms with Gasteiger partial charge >= 0.3 is 6.09 Å². The Kier molecular flexibility index (Phi) is 3.52. The van der Waals surface area contributed by atoms with Gasteiger partial charge in [-0.3, -0.25) is 0 Å². The number of para-hydroxylation sites is 1. The summed E-state index contributed by atoms with van der Waals surface area (Å²) in [4.78, 5) is 12.7. The minimum Gasteiger partial charge on any atom is -0.496 e. The monoisotopic (exact) mass is 235 g/mol. The van der Waals surface area contributed by atoms with Crippen LogP contribution in [0.2, 0.25) is 0 Å². The molecular formula is C13H17NO3. The minimum absolute atomic E-state index is 0.0719. The van der Waals surface area contributed by atoms with Gasteiger partial charge in [0.1, 0.15) is 5.75 Å². The normalized spacial score (nSPS) is 20.1. The zero-order valence-electron chi connectivity index (χ0n) is 9.93. The predicted octanol–water partition coefficient (Wildman–Crippen LogP) is 2.90. The van der Waals surface area contributed by atoms with Gasteiger partial charge < -0.3 is 14.7 Å². The molecule has 0 spiro atoms. The second-order valence-corrected chi connectivity index (χ2v) is 4.23. The Morgan fingerprint density at radius 2 is 2.18 bits per heavy atom. The third-order valence-corrected chi connectivity index (χ3v) is 3.25. The van der Waals surface area contributed by atoms with Crippen molar-refractivity contribution in [3.8, 4) is 5.75 Å². The zero-order chi connectivity index (χ0) is 12.3. The Labute approximate surface area is 101 Å². The summed E-state index contributed by atoms with van der Waals surface area (Å²) in [6, 6.07) is 7.58. The topological polar surface area (TPSA) is 49.8 Å². The molecule has 0 aromatic heterocycles. The van der Waals surface area contributed by atoms with E-state index in [4.69, 9.17) is 4.74 Å². The molecule has 4 nitrogen and oxygen atoms in total. The smallest absolute Gasteiger partial charge is 0.407 e. The summed E-state index contributed by atoms with van der Waals surface area (Å²) in [7, 11) is 1.62. The van der Waals surface area contributed by atoms with E-state index in [0.717, 1.165) is 30.6 Å². The zero-order valence-corrected chi connectivity index (χ0v) is 9.93. The summed E-state index contributed by atoms with van der Waals surface area (Å²) in [6.45, 7) is 0.609. The van der Waals surface area contributed by atoms with E-state index >= 15 is 0 Å². The number of methoxy groups -OCH3 is 1. The highest BCUT2D eigenvalue weighted by Gasteiger charge is 2.29. The van der Waals surface area contributed by atoms with E-state index in [0.29, 0.717) is 6.54 Å². The first-order valence-corrected chi connectivity index (χ1v) is 5.86. The first kappa shape index (κ1) is 11.8. The van der Waals surface area contributed by atoms with E-state index in [1.165, 1.54) is 4.90 Å². The maximum atomic E-state index is 11.2. The Bertz CT molecular complexity index is 405. The second-order valence-electron chi connectivity index (χ2n) is 4.23. The van der Waals surface area contributed by atoms with Crippen molar-refractivity contribution in [1.82, 2.24) is 4.90 Å². The second kappa shape index (κ2) is 5.08. The molecule has 1 saturated heterocycles. The van der Waals surface area contributed by atoms with Crippen LogP contribution in [0.5, 0.6) is 5.75 Å². The molecule has 1 heterocycles. The molecule has 17 heavy (non-hydrogen) atoms. The quantitative estimate of drug-likeness (QED) is 0.857. The van der Waals surface area contributed by atoms with Crippen LogP contribution in [0.15, 0.2) is 24.3 Å². The molecule has 92 valence electrons. The van der Waals surface area contributed by atoms with Crippen molar-refractivity contribution in [2.45, 2.75) is 25.3 Å². The molecule has 1 unspecified atom stereocenters. The lowest BCUT2D eigenvalue weighted by Gasteiger charge is -2.34. The van der Waals surface area contributed by atoms with E-state index in [2.05, 4.69) is 0 Å². The number of carbonyl (C=O) groups is 1. The number of piperidine rings is 1. The largest absolute Gasteiger partial charge is 0.496 e. The maximum absolute atomic E-state index is 11.2. The lowest BCUT2D eigenvalue weighted by Crippen LogP contribution is -2.37. The fraction of sp³-hybridized carbons (Fsp3) is 0.462. The van der Waals surface area contributed by atoms with Crippen LogP contribution in [0.4, 0.5) is 4.79 Å². The minimum atomic E-state index is -0.847. The molecule has 1 amide bonds. The van der Waals surface area contributed by atoms with Gasteiger partial charge in [-0.25, -0.2) is 4.79 Å². The number of likely N-dealkylation sites (tertiary alicyclic amines) is 1. The molecule has 0 bridgehead atoms. The van der Waals surface area contributed by atoms with Crippen LogP contribution in [0.3, 0.4) is 0 Å². The molecule has 0 saturated carbocycles. The molecule has 1 atom stereocenters. The van der Waals surface area contributed by atoms with E-state index in [1.54, 1.807) is 7.11 Å². The van der Waals surface area contributed by atoms with Crippen molar-refractivity contribution >= 4 is 6.09 Å². The van der Waals surface area contributed by atoms with Crippen molar-refractivity contribution in [3.63, 3.8) is 0 Å². The number of rotatable bonds is 2. The third kappa shape index (κ3) is 2.35. The van der Waals surface area contributed by atoms with Gasteiger partial charge in [0.2, 0.25) is 0 Å². The number of benzene rings is 1. The fourth-order valence-corrected chi connectivity index (χ4v) is 2.43. The van der Waals surface area contributed by atoms with Crippen LogP contribution in [-0.2, 0) is 0 Å². The highest BCUT2D eigenvalue weighted by Crippen LogP contribution is 2.35. The SMILES string of the molecule is COc1ccccc1C1CCCCN1C(=O)O. The molecular weight excluding hydrogens is 218 g/mol. The average molecular weight is 235 g/mol. The molecule has 0 radical (unpaired) electrons. The molecule has 0 aliphatic carbocycles. The van der Waals surface area contributed by atoms with E-state index < -0.39 is 6.09 Å². The Hall–Kier alpha value is -1.71. The Morgan fingerprint density at radius 3 is 2.88 bits per heavy atom. The van der Waals surface area contributed by atoms with Gasteiger partial charge in [-0.15, -0.1) is 0 Å². The molecule has 1 aliphatic rings. The molecule has 1 aliphatic heterocycles. The molecule has 1 aromatic carbocycles. The first-order valence-electron chi connectivity index (χ1n) is 5.86. The molecule has 4 heteroatoms. The number of nitrogens with zero attached hydrogens (tertiary/aromatic N) is 1.